The van der Waals surface area contributed by atoms with Gasteiger partial charge in [-0.1, -0.05) is 12.1 Å². The van der Waals surface area contributed by atoms with E-state index in [9.17, 15) is 8.42 Å². The van der Waals surface area contributed by atoms with Crippen LogP contribution in [-0.4, -0.2) is 20.5 Å². The van der Waals surface area contributed by atoms with E-state index in [0.29, 0.717) is 16.6 Å². The van der Waals surface area contributed by atoms with Crippen molar-refractivity contribution in [2.45, 2.75) is 25.7 Å². The molecule has 3 rings (SSSR count). The monoisotopic (exact) mass is 357 g/mol. The maximum atomic E-state index is 12.9. The maximum absolute atomic E-state index is 12.9. The fraction of sp³-hybridized carbons (Fsp3) is 0.211. The number of hydrogen-bond donors (Lipinski definition) is 0. The summed E-state index contributed by atoms with van der Waals surface area (Å²) in [6.45, 7) is 5.54. The van der Waals surface area contributed by atoms with Gasteiger partial charge in [0, 0.05) is 17.1 Å². The molecule has 0 fully saturated rings. The number of hydrogen-bond acceptors (Lipinski definition) is 5. The van der Waals surface area contributed by atoms with E-state index in [1.807, 2.05) is 32.0 Å². The van der Waals surface area contributed by atoms with Crippen LogP contribution in [0, 0.1) is 20.8 Å². The Morgan fingerprint density at radius 1 is 0.920 bits per heavy atom. The first-order valence-electron chi connectivity index (χ1n) is 7.78. The predicted octanol–water partition coefficient (Wildman–Crippen LogP) is 3.94. The third-order valence-corrected chi connectivity index (χ3v) is 5.31. The van der Waals surface area contributed by atoms with Gasteiger partial charge in [0.15, 0.2) is 5.75 Å². The number of para-hydroxylation sites is 1. The van der Waals surface area contributed by atoms with Crippen LogP contribution >= 0.6 is 0 Å². The van der Waals surface area contributed by atoms with Crippen molar-refractivity contribution in [1.29, 1.82) is 0 Å². The van der Waals surface area contributed by atoms with Crippen LogP contribution in [0.5, 0.6) is 11.5 Å². The number of aromatic nitrogens is 1. The Morgan fingerprint density at radius 2 is 1.60 bits per heavy atom. The van der Waals surface area contributed by atoms with E-state index in [-0.39, 0.29) is 16.4 Å². The molecule has 0 amide bonds. The summed E-state index contributed by atoms with van der Waals surface area (Å²) in [7, 11) is -2.62. The van der Waals surface area contributed by atoms with Gasteiger partial charge in [-0.2, -0.15) is 8.42 Å². The van der Waals surface area contributed by atoms with Gasteiger partial charge in [0.25, 0.3) is 0 Å². The summed E-state index contributed by atoms with van der Waals surface area (Å²) in [4.78, 5) is 4.41. The van der Waals surface area contributed by atoms with Crippen LogP contribution in [0.15, 0.2) is 47.4 Å². The molecule has 0 aliphatic carbocycles. The molecule has 0 unspecified atom stereocenters. The van der Waals surface area contributed by atoms with Crippen LogP contribution in [0.25, 0.3) is 10.9 Å². The summed E-state index contributed by atoms with van der Waals surface area (Å²) < 4.78 is 36.5. The molecule has 0 N–H and O–H groups in total. The number of fused-ring (bicyclic) bond motifs is 1. The fourth-order valence-corrected chi connectivity index (χ4v) is 3.79. The van der Waals surface area contributed by atoms with E-state index in [0.717, 1.165) is 11.1 Å². The van der Waals surface area contributed by atoms with Crippen molar-refractivity contribution in [2.24, 2.45) is 0 Å². The van der Waals surface area contributed by atoms with Gasteiger partial charge in [-0.15, -0.1) is 0 Å². The largest absolute Gasteiger partial charge is 0.495 e. The van der Waals surface area contributed by atoms with E-state index in [4.69, 9.17) is 8.92 Å². The molecule has 1 heterocycles. The summed E-state index contributed by atoms with van der Waals surface area (Å²) in [5, 5.41) is 0.638. The van der Waals surface area contributed by atoms with E-state index >= 15 is 0 Å². The first-order valence-corrected chi connectivity index (χ1v) is 9.19. The smallest absolute Gasteiger partial charge is 0.342 e. The number of pyridine rings is 1. The summed E-state index contributed by atoms with van der Waals surface area (Å²) >= 11 is 0. The summed E-state index contributed by atoms with van der Waals surface area (Å²) in [6, 6.07) is 12.1. The lowest BCUT2D eigenvalue weighted by Gasteiger charge is -2.14. The SMILES string of the molecule is COc1cc(C)c(C)cc1S(=O)(=O)Oc1cc(C)nc2ccccc12. The molecule has 0 saturated carbocycles. The van der Waals surface area contributed by atoms with Gasteiger partial charge in [0.1, 0.15) is 10.6 Å². The molecule has 0 radical (unpaired) electrons. The van der Waals surface area contributed by atoms with Crippen LogP contribution in [0.1, 0.15) is 16.8 Å². The average molecular weight is 357 g/mol. The Labute approximate surface area is 147 Å². The van der Waals surface area contributed by atoms with Crippen molar-refractivity contribution in [3.8, 4) is 11.5 Å². The minimum atomic E-state index is -4.06. The highest BCUT2D eigenvalue weighted by Gasteiger charge is 2.24. The molecular weight excluding hydrogens is 338 g/mol. The number of aryl methyl sites for hydroxylation is 3. The topological polar surface area (TPSA) is 65.5 Å². The maximum Gasteiger partial charge on any atom is 0.342 e. The van der Waals surface area contributed by atoms with Gasteiger partial charge in [-0.05, 0) is 56.2 Å². The minimum absolute atomic E-state index is 0.0108. The van der Waals surface area contributed by atoms with Crippen molar-refractivity contribution in [3.05, 3.63) is 59.3 Å². The van der Waals surface area contributed by atoms with E-state index in [1.54, 1.807) is 31.2 Å². The number of methoxy groups -OCH3 is 1. The predicted molar refractivity (Wildman–Crippen MR) is 96.8 cm³/mol. The highest BCUT2D eigenvalue weighted by atomic mass is 32.2. The van der Waals surface area contributed by atoms with Gasteiger partial charge >= 0.3 is 10.1 Å². The number of rotatable bonds is 4. The Balaban J connectivity index is 2.14. The van der Waals surface area contributed by atoms with Crippen LogP contribution in [0.2, 0.25) is 0 Å². The molecule has 0 atom stereocenters. The summed E-state index contributed by atoms with van der Waals surface area (Å²) in [6.07, 6.45) is 0. The number of ether oxygens (including phenoxy) is 1. The second-order valence-electron chi connectivity index (χ2n) is 5.90. The Bertz CT molecular complexity index is 1060. The lowest BCUT2D eigenvalue weighted by Crippen LogP contribution is -2.12. The Hall–Kier alpha value is -2.60. The normalized spacial score (nSPS) is 11.5. The zero-order valence-corrected chi connectivity index (χ0v) is 15.3. The fourth-order valence-electron chi connectivity index (χ4n) is 2.62. The molecule has 5 nitrogen and oxygen atoms in total. The lowest BCUT2D eigenvalue weighted by molar-refractivity contribution is 0.397. The summed E-state index contributed by atoms with van der Waals surface area (Å²) in [5.74, 6) is 0.515. The second-order valence-corrected chi connectivity index (χ2v) is 7.42. The molecule has 0 saturated heterocycles. The van der Waals surface area contributed by atoms with Gasteiger partial charge in [0.05, 0.1) is 12.6 Å². The molecule has 0 aliphatic heterocycles. The van der Waals surface area contributed by atoms with Crippen LogP contribution in [0.4, 0.5) is 0 Å². The number of nitrogens with zero attached hydrogens (tertiary/aromatic N) is 1. The molecule has 2 aromatic carbocycles. The van der Waals surface area contributed by atoms with Crippen LogP contribution in [0.3, 0.4) is 0 Å². The van der Waals surface area contributed by atoms with Crippen molar-refractivity contribution < 1.29 is 17.3 Å². The molecule has 0 spiro atoms. The van der Waals surface area contributed by atoms with E-state index in [2.05, 4.69) is 4.98 Å². The van der Waals surface area contributed by atoms with Crippen molar-refractivity contribution in [2.75, 3.05) is 7.11 Å². The lowest BCUT2D eigenvalue weighted by atomic mass is 10.1. The van der Waals surface area contributed by atoms with Crippen molar-refractivity contribution >= 4 is 21.0 Å². The average Bonchev–Trinajstić information content (AvgIpc) is 2.56. The van der Waals surface area contributed by atoms with E-state index < -0.39 is 10.1 Å². The molecule has 3 aromatic rings. The van der Waals surface area contributed by atoms with Crippen molar-refractivity contribution in [1.82, 2.24) is 4.98 Å². The highest BCUT2D eigenvalue weighted by Crippen LogP contribution is 2.32. The first-order chi connectivity index (χ1) is 11.8. The molecule has 130 valence electrons. The highest BCUT2D eigenvalue weighted by molar-refractivity contribution is 7.87. The Kier molecular flexibility index (Phi) is 4.39. The van der Waals surface area contributed by atoms with Gasteiger partial charge < -0.3 is 8.92 Å². The quantitative estimate of drug-likeness (QED) is 0.662. The molecule has 0 aliphatic rings. The van der Waals surface area contributed by atoms with Crippen LogP contribution < -0.4 is 8.92 Å². The third kappa shape index (κ3) is 3.30. The second kappa shape index (κ2) is 6.37. The van der Waals surface area contributed by atoms with Crippen molar-refractivity contribution in [3.63, 3.8) is 0 Å². The Morgan fingerprint density at radius 3 is 2.32 bits per heavy atom. The minimum Gasteiger partial charge on any atom is -0.495 e. The van der Waals surface area contributed by atoms with Gasteiger partial charge in [-0.25, -0.2) is 0 Å². The van der Waals surface area contributed by atoms with Gasteiger partial charge in [0.2, 0.25) is 0 Å². The third-order valence-electron chi connectivity index (χ3n) is 4.06. The summed E-state index contributed by atoms with van der Waals surface area (Å²) in [5.41, 5.74) is 3.15. The zero-order valence-electron chi connectivity index (χ0n) is 14.5. The van der Waals surface area contributed by atoms with Gasteiger partial charge in [-0.3, -0.25) is 4.98 Å². The molecule has 25 heavy (non-hydrogen) atoms. The molecular formula is C19H19NO4S. The van der Waals surface area contributed by atoms with Crippen LogP contribution in [-0.2, 0) is 10.1 Å². The zero-order chi connectivity index (χ0) is 18.2. The first kappa shape index (κ1) is 17.2. The standard InChI is InChI=1S/C19H19NO4S/c1-12-9-18(23-4)19(10-13(12)2)25(21,22)24-17-11-14(3)20-16-8-6-5-7-15(16)17/h5-11H,1-4H3. The van der Waals surface area contributed by atoms with E-state index in [1.165, 1.54) is 7.11 Å². The molecule has 0 bridgehead atoms. The number of benzene rings is 2. The molecule has 6 heteroatoms. The molecule has 1 aromatic heterocycles.